The number of primary amides is 1. The zero-order valence-corrected chi connectivity index (χ0v) is 11.3. The molecule has 0 aromatic carbocycles. The second-order valence-electron chi connectivity index (χ2n) is 5.53. The van der Waals surface area contributed by atoms with Crippen LogP contribution in [0.1, 0.15) is 26.7 Å². The molecule has 0 aliphatic carbocycles. The lowest BCUT2D eigenvalue weighted by Gasteiger charge is -2.38. The summed E-state index contributed by atoms with van der Waals surface area (Å²) in [4.78, 5) is 15.9. The summed E-state index contributed by atoms with van der Waals surface area (Å²) in [5.74, 6) is -0.413. The van der Waals surface area contributed by atoms with Gasteiger partial charge in [0.25, 0.3) is 0 Å². The summed E-state index contributed by atoms with van der Waals surface area (Å²) in [6, 6.07) is 0.575. The van der Waals surface area contributed by atoms with Crippen molar-refractivity contribution in [2.45, 2.75) is 38.3 Å². The maximum Gasteiger partial charge on any atom is 0.237 e. The van der Waals surface area contributed by atoms with Gasteiger partial charge in [-0.05, 0) is 40.3 Å². The predicted molar refractivity (Wildman–Crippen MR) is 69.6 cm³/mol. The van der Waals surface area contributed by atoms with Gasteiger partial charge in [-0.25, -0.2) is 0 Å². The van der Waals surface area contributed by atoms with E-state index in [1.165, 1.54) is 0 Å². The molecule has 0 bridgehead atoms. The first-order valence-corrected chi connectivity index (χ1v) is 6.34. The molecule has 0 spiro atoms. The molecule has 2 atom stereocenters. The Hall–Kier alpha value is -0.650. The molecule has 0 aromatic rings. The van der Waals surface area contributed by atoms with Gasteiger partial charge in [0.05, 0.1) is 5.54 Å². The molecule has 100 valence electrons. The lowest BCUT2D eigenvalue weighted by atomic mass is 9.96. The molecule has 1 aliphatic rings. The van der Waals surface area contributed by atoms with Crippen molar-refractivity contribution in [1.29, 1.82) is 0 Å². The quantitative estimate of drug-likeness (QED) is 0.688. The van der Waals surface area contributed by atoms with E-state index in [-0.39, 0.29) is 0 Å². The van der Waals surface area contributed by atoms with Crippen LogP contribution in [0.3, 0.4) is 0 Å². The molecular formula is C12H26N4O. The number of nitrogens with zero attached hydrogens (tertiary/aromatic N) is 2. The number of nitrogens with two attached hydrogens (primary N) is 2. The summed E-state index contributed by atoms with van der Waals surface area (Å²) in [7, 11) is 2.15. The molecular weight excluding hydrogens is 216 g/mol. The van der Waals surface area contributed by atoms with Crippen LogP contribution in [0, 0.1) is 0 Å². The van der Waals surface area contributed by atoms with Crippen LogP contribution in [-0.4, -0.2) is 60.5 Å². The number of rotatable bonds is 5. The van der Waals surface area contributed by atoms with Crippen molar-refractivity contribution in [3.05, 3.63) is 0 Å². The highest BCUT2D eigenvalue weighted by Gasteiger charge is 2.26. The number of piperazine rings is 1. The number of likely N-dealkylation sites (N-methyl/N-ethyl adjacent to an activating group) is 1. The highest BCUT2D eigenvalue weighted by atomic mass is 16.1. The van der Waals surface area contributed by atoms with Crippen molar-refractivity contribution in [2.24, 2.45) is 11.5 Å². The van der Waals surface area contributed by atoms with Gasteiger partial charge in [0.1, 0.15) is 0 Å². The van der Waals surface area contributed by atoms with Gasteiger partial charge in [-0.3, -0.25) is 9.69 Å². The first-order valence-electron chi connectivity index (χ1n) is 6.34. The maximum absolute atomic E-state index is 11.1. The summed E-state index contributed by atoms with van der Waals surface area (Å²) in [5, 5.41) is 0. The second-order valence-corrected chi connectivity index (χ2v) is 5.53. The van der Waals surface area contributed by atoms with E-state index in [9.17, 15) is 4.79 Å². The monoisotopic (exact) mass is 242 g/mol. The van der Waals surface area contributed by atoms with Crippen LogP contribution in [-0.2, 0) is 4.79 Å². The molecule has 0 saturated carbocycles. The lowest BCUT2D eigenvalue weighted by Crippen LogP contribution is -2.52. The van der Waals surface area contributed by atoms with E-state index in [0.717, 1.165) is 32.6 Å². The summed E-state index contributed by atoms with van der Waals surface area (Å²) >= 11 is 0. The van der Waals surface area contributed by atoms with Gasteiger partial charge in [0, 0.05) is 25.7 Å². The molecule has 1 saturated heterocycles. The van der Waals surface area contributed by atoms with Crippen molar-refractivity contribution in [1.82, 2.24) is 9.80 Å². The third kappa shape index (κ3) is 4.26. The number of carbonyl (C=O) groups excluding carboxylic acids is 1. The predicted octanol–water partition coefficient (Wildman–Crippen LogP) is -0.395. The Morgan fingerprint density at radius 1 is 1.47 bits per heavy atom. The highest BCUT2D eigenvalue weighted by molar-refractivity contribution is 5.83. The third-order valence-corrected chi connectivity index (χ3v) is 3.67. The van der Waals surface area contributed by atoms with Gasteiger partial charge >= 0.3 is 0 Å². The SMILES string of the molecule is CC1CN(C)CCN1CCCC(C)(N)C(N)=O. The molecule has 1 rings (SSSR count). The summed E-state index contributed by atoms with van der Waals surface area (Å²) in [6.07, 6.45) is 1.57. The average molecular weight is 242 g/mol. The van der Waals surface area contributed by atoms with Crippen molar-refractivity contribution in [2.75, 3.05) is 33.2 Å². The number of amides is 1. The van der Waals surface area contributed by atoms with Gasteiger partial charge in [-0.15, -0.1) is 0 Å². The zero-order chi connectivity index (χ0) is 13.1. The second kappa shape index (κ2) is 5.80. The summed E-state index contributed by atoms with van der Waals surface area (Å²) < 4.78 is 0. The van der Waals surface area contributed by atoms with E-state index >= 15 is 0 Å². The van der Waals surface area contributed by atoms with Crippen molar-refractivity contribution >= 4 is 5.91 Å². The number of carbonyl (C=O) groups is 1. The standard InChI is InChI=1S/C12H26N4O/c1-10-9-15(3)7-8-16(10)6-4-5-12(2,14)11(13)17/h10H,4-9,14H2,1-3H3,(H2,13,17). The fraction of sp³-hybridized carbons (Fsp3) is 0.917. The molecule has 5 nitrogen and oxygen atoms in total. The minimum absolute atomic E-state index is 0.413. The Labute approximate surface area is 104 Å². The van der Waals surface area contributed by atoms with Crippen molar-refractivity contribution in [3.8, 4) is 0 Å². The minimum Gasteiger partial charge on any atom is -0.368 e. The molecule has 2 unspecified atom stereocenters. The molecule has 0 radical (unpaired) electrons. The first-order chi connectivity index (χ1) is 7.83. The largest absolute Gasteiger partial charge is 0.368 e. The molecule has 1 fully saturated rings. The third-order valence-electron chi connectivity index (χ3n) is 3.67. The first kappa shape index (κ1) is 14.4. The maximum atomic E-state index is 11.1. The van der Waals surface area contributed by atoms with Crippen molar-refractivity contribution in [3.63, 3.8) is 0 Å². The topological polar surface area (TPSA) is 75.6 Å². The van der Waals surface area contributed by atoms with E-state index in [2.05, 4.69) is 23.8 Å². The van der Waals surface area contributed by atoms with Crippen LogP contribution in [0.2, 0.25) is 0 Å². The molecule has 0 aromatic heterocycles. The Kier molecular flexibility index (Phi) is 4.91. The van der Waals surface area contributed by atoms with Crippen LogP contribution >= 0.6 is 0 Å². The van der Waals surface area contributed by atoms with Crippen LogP contribution in [0.15, 0.2) is 0 Å². The van der Waals surface area contributed by atoms with Gasteiger partial charge in [0.15, 0.2) is 0 Å². The minimum atomic E-state index is -0.865. The van der Waals surface area contributed by atoms with Gasteiger partial charge in [-0.2, -0.15) is 0 Å². The molecule has 1 aliphatic heterocycles. The van der Waals surface area contributed by atoms with Gasteiger partial charge in [0.2, 0.25) is 5.91 Å². The number of hydrogen-bond acceptors (Lipinski definition) is 4. The molecule has 17 heavy (non-hydrogen) atoms. The van der Waals surface area contributed by atoms with Gasteiger partial charge in [-0.1, -0.05) is 0 Å². The fourth-order valence-electron chi connectivity index (χ4n) is 2.28. The fourth-order valence-corrected chi connectivity index (χ4v) is 2.28. The Morgan fingerprint density at radius 3 is 2.65 bits per heavy atom. The number of hydrogen-bond donors (Lipinski definition) is 2. The molecule has 1 heterocycles. The van der Waals surface area contributed by atoms with Crippen LogP contribution in [0.25, 0.3) is 0 Å². The van der Waals surface area contributed by atoms with E-state index in [4.69, 9.17) is 11.5 Å². The van der Waals surface area contributed by atoms with Crippen LogP contribution in [0.4, 0.5) is 0 Å². The molecule has 1 amide bonds. The van der Waals surface area contributed by atoms with E-state index in [1.54, 1.807) is 6.92 Å². The van der Waals surface area contributed by atoms with E-state index in [1.807, 2.05) is 0 Å². The summed E-state index contributed by atoms with van der Waals surface area (Å²) in [5.41, 5.74) is 10.2. The highest BCUT2D eigenvalue weighted by Crippen LogP contribution is 2.12. The Morgan fingerprint density at radius 2 is 2.12 bits per heavy atom. The smallest absolute Gasteiger partial charge is 0.237 e. The van der Waals surface area contributed by atoms with Gasteiger partial charge < -0.3 is 16.4 Å². The Bertz CT molecular complexity index is 267. The molecule has 5 heteroatoms. The average Bonchev–Trinajstić information content (AvgIpc) is 2.21. The molecule has 4 N–H and O–H groups in total. The summed E-state index contributed by atoms with van der Waals surface area (Å²) in [6.45, 7) is 8.26. The van der Waals surface area contributed by atoms with Crippen LogP contribution in [0.5, 0.6) is 0 Å². The zero-order valence-electron chi connectivity index (χ0n) is 11.3. The van der Waals surface area contributed by atoms with Crippen molar-refractivity contribution < 1.29 is 4.79 Å². The normalized spacial score (nSPS) is 26.7. The van der Waals surface area contributed by atoms with Crippen LogP contribution < -0.4 is 11.5 Å². The lowest BCUT2D eigenvalue weighted by molar-refractivity contribution is -0.122. The van der Waals surface area contributed by atoms with E-state index in [0.29, 0.717) is 12.5 Å². The Balaban J connectivity index is 2.29. The van der Waals surface area contributed by atoms with E-state index < -0.39 is 11.4 Å².